The fourth-order valence-electron chi connectivity index (χ4n) is 1.68. The smallest absolute Gasteiger partial charge is 0.120 e. The van der Waals surface area contributed by atoms with Crippen molar-refractivity contribution in [1.29, 1.82) is 0 Å². The van der Waals surface area contributed by atoms with Crippen LogP contribution in [0.4, 0.5) is 0 Å². The largest absolute Gasteiger partial charge is 0.508 e. The van der Waals surface area contributed by atoms with Gasteiger partial charge in [0.15, 0.2) is 0 Å². The lowest BCUT2D eigenvalue weighted by Gasteiger charge is -2.14. The van der Waals surface area contributed by atoms with Gasteiger partial charge in [0.1, 0.15) is 11.5 Å². The Morgan fingerprint density at radius 2 is 1.95 bits per heavy atom. The van der Waals surface area contributed by atoms with E-state index in [0.29, 0.717) is 18.1 Å². The molecule has 0 aromatic heterocycles. The van der Waals surface area contributed by atoms with Crippen molar-refractivity contribution >= 4 is 22.4 Å². The van der Waals surface area contributed by atoms with Crippen LogP contribution in [0.2, 0.25) is 0 Å². The van der Waals surface area contributed by atoms with Crippen molar-refractivity contribution < 1.29 is 9.84 Å². The number of benzene rings is 1. The molecular weight excluding hydrogens is 292 g/mol. The Morgan fingerprint density at radius 1 is 1.32 bits per heavy atom. The van der Waals surface area contributed by atoms with E-state index in [4.69, 9.17) is 4.74 Å². The molecular formula is C19H26O2S. The summed E-state index contributed by atoms with van der Waals surface area (Å²) in [5.41, 5.74) is 1.61. The first-order chi connectivity index (χ1) is 10.4. The number of hydrogen-bond acceptors (Lipinski definition) is 3. The summed E-state index contributed by atoms with van der Waals surface area (Å²) in [5, 5.41) is 9.71. The van der Waals surface area contributed by atoms with Gasteiger partial charge in [0, 0.05) is 10.5 Å². The summed E-state index contributed by atoms with van der Waals surface area (Å²) in [7, 11) is 0. The van der Waals surface area contributed by atoms with Crippen molar-refractivity contribution in [2.45, 2.75) is 34.1 Å². The van der Waals surface area contributed by atoms with Crippen molar-refractivity contribution in [2.24, 2.45) is 5.92 Å². The van der Waals surface area contributed by atoms with Gasteiger partial charge in [0.25, 0.3) is 0 Å². The summed E-state index contributed by atoms with van der Waals surface area (Å²) in [6.07, 6.45) is 3.12. The van der Waals surface area contributed by atoms with E-state index in [1.165, 1.54) is 4.91 Å². The minimum Gasteiger partial charge on any atom is -0.508 e. The Kier molecular flexibility index (Phi) is 7.33. The number of thioether (sulfide) groups is 1. The number of aliphatic hydroxyl groups is 1. The minimum atomic E-state index is 0.0378. The van der Waals surface area contributed by atoms with Crippen LogP contribution in [-0.2, 0) is 0 Å². The highest BCUT2D eigenvalue weighted by Gasteiger charge is 2.09. The van der Waals surface area contributed by atoms with Crippen LogP contribution in [0.15, 0.2) is 42.3 Å². The van der Waals surface area contributed by atoms with Gasteiger partial charge in [-0.3, -0.25) is 0 Å². The first-order valence-corrected chi connectivity index (χ1v) is 8.35. The van der Waals surface area contributed by atoms with E-state index in [9.17, 15) is 5.11 Å². The third-order valence-electron chi connectivity index (χ3n) is 3.48. The lowest BCUT2D eigenvalue weighted by Crippen LogP contribution is -2.07. The molecule has 0 spiro atoms. The molecule has 0 heterocycles. The predicted octanol–water partition coefficient (Wildman–Crippen LogP) is 6.27. The van der Waals surface area contributed by atoms with Gasteiger partial charge in [-0.15, -0.1) is 0 Å². The standard InChI is InChI=1S/C19H26O2S/c1-7-13(3)12-21-19-10-17(15(5)20)9-18(11-19)16(6)22-14(4)8-2/h8-11,13,20H,5-7,12H2,1-4H3/b14-8-. The second-order valence-corrected chi connectivity index (χ2v) is 6.78. The van der Waals surface area contributed by atoms with Crippen molar-refractivity contribution in [3.05, 3.63) is 53.5 Å². The molecule has 0 aliphatic carbocycles. The van der Waals surface area contributed by atoms with Crippen molar-refractivity contribution in [3.8, 4) is 5.75 Å². The van der Waals surface area contributed by atoms with Crippen LogP contribution in [0, 0.1) is 5.92 Å². The lowest BCUT2D eigenvalue weighted by molar-refractivity contribution is 0.256. The Hall–Kier alpha value is -1.61. The maximum atomic E-state index is 9.71. The molecule has 120 valence electrons. The molecule has 1 atom stereocenters. The van der Waals surface area contributed by atoms with Crippen LogP contribution in [0.3, 0.4) is 0 Å². The normalized spacial score (nSPS) is 12.8. The molecule has 1 N–H and O–H groups in total. The molecule has 3 heteroatoms. The highest BCUT2D eigenvalue weighted by atomic mass is 32.2. The van der Waals surface area contributed by atoms with Crippen molar-refractivity contribution in [2.75, 3.05) is 6.61 Å². The molecule has 2 nitrogen and oxygen atoms in total. The fraction of sp³-hybridized carbons (Fsp3) is 0.368. The third-order valence-corrected chi connectivity index (χ3v) is 4.52. The van der Waals surface area contributed by atoms with E-state index in [-0.39, 0.29) is 5.76 Å². The molecule has 0 radical (unpaired) electrons. The number of hydrogen-bond donors (Lipinski definition) is 1. The average molecular weight is 318 g/mol. The third kappa shape index (κ3) is 5.64. The van der Waals surface area contributed by atoms with Crippen LogP contribution in [-0.4, -0.2) is 11.7 Å². The molecule has 1 rings (SSSR count). The van der Waals surface area contributed by atoms with E-state index in [1.807, 2.05) is 38.1 Å². The fourth-order valence-corrected chi connectivity index (χ4v) is 2.42. The van der Waals surface area contributed by atoms with Gasteiger partial charge < -0.3 is 9.84 Å². The Balaban J connectivity index is 3.03. The predicted molar refractivity (Wildman–Crippen MR) is 99.1 cm³/mol. The molecule has 0 fully saturated rings. The molecule has 1 unspecified atom stereocenters. The molecule has 1 aromatic rings. The van der Waals surface area contributed by atoms with Crippen molar-refractivity contribution in [1.82, 2.24) is 0 Å². The molecule has 1 aromatic carbocycles. The molecule has 0 saturated heterocycles. The zero-order valence-electron chi connectivity index (χ0n) is 14.0. The van der Waals surface area contributed by atoms with E-state index >= 15 is 0 Å². The molecule has 0 saturated carbocycles. The molecule has 22 heavy (non-hydrogen) atoms. The lowest BCUT2D eigenvalue weighted by atomic mass is 10.1. The topological polar surface area (TPSA) is 29.5 Å². The Morgan fingerprint density at radius 3 is 2.50 bits per heavy atom. The summed E-state index contributed by atoms with van der Waals surface area (Å²) in [4.78, 5) is 2.10. The maximum Gasteiger partial charge on any atom is 0.120 e. The zero-order valence-corrected chi connectivity index (χ0v) is 14.8. The van der Waals surface area contributed by atoms with E-state index in [0.717, 1.165) is 22.6 Å². The average Bonchev–Trinajstić information content (AvgIpc) is 2.51. The number of allylic oxidation sites excluding steroid dienone is 2. The van der Waals surface area contributed by atoms with Gasteiger partial charge in [-0.2, -0.15) is 0 Å². The van der Waals surface area contributed by atoms with Gasteiger partial charge in [-0.25, -0.2) is 0 Å². The van der Waals surface area contributed by atoms with E-state index < -0.39 is 0 Å². The second-order valence-electron chi connectivity index (χ2n) is 5.44. The van der Waals surface area contributed by atoms with Gasteiger partial charge in [0.05, 0.1) is 6.61 Å². The van der Waals surface area contributed by atoms with Crippen LogP contribution >= 0.6 is 11.8 Å². The summed E-state index contributed by atoms with van der Waals surface area (Å²) < 4.78 is 5.85. The van der Waals surface area contributed by atoms with Crippen LogP contribution in [0.5, 0.6) is 5.75 Å². The molecule has 0 amide bonds. The SMILES string of the molecule is C=C(O)c1cc(OCC(C)CC)cc(C(=C)S/C(C)=C\C)c1. The Bertz CT molecular complexity index is 573. The van der Waals surface area contributed by atoms with Gasteiger partial charge in [-0.1, -0.05) is 51.3 Å². The van der Waals surface area contributed by atoms with E-state index in [2.05, 4.69) is 27.0 Å². The monoisotopic (exact) mass is 318 g/mol. The number of ether oxygens (including phenoxy) is 1. The quantitative estimate of drug-likeness (QED) is 0.573. The first kappa shape index (κ1) is 18.4. The van der Waals surface area contributed by atoms with Gasteiger partial charge in [0.2, 0.25) is 0 Å². The highest BCUT2D eigenvalue weighted by molar-refractivity contribution is 8.11. The zero-order chi connectivity index (χ0) is 16.7. The number of aliphatic hydroxyl groups excluding tert-OH is 1. The molecule has 0 aliphatic heterocycles. The maximum absolute atomic E-state index is 9.71. The summed E-state index contributed by atoms with van der Waals surface area (Å²) >= 11 is 1.61. The highest BCUT2D eigenvalue weighted by Crippen LogP contribution is 2.34. The summed E-state index contributed by atoms with van der Waals surface area (Å²) in [5.74, 6) is 1.27. The van der Waals surface area contributed by atoms with Crippen molar-refractivity contribution in [3.63, 3.8) is 0 Å². The van der Waals surface area contributed by atoms with Gasteiger partial charge >= 0.3 is 0 Å². The van der Waals surface area contributed by atoms with Crippen LogP contribution in [0.25, 0.3) is 10.7 Å². The van der Waals surface area contributed by atoms with Crippen LogP contribution in [0.1, 0.15) is 45.2 Å². The number of rotatable bonds is 8. The summed E-state index contributed by atoms with van der Waals surface area (Å²) in [6, 6.07) is 5.67. The van der Waals surface area contributed by atoms with E-state index in [1.54, 1.807) is 11.8 Å². The minimum absolute atomic E-state index is 0.0378. The second kappa shape index (κ2) is 8.74. The first-order valence-electron chi connectivity index (χ1n) is 7.53. The van der Waals surface area contributed by atoms with Crippen LogP contribution < -0.4 is 4.74 Å². The Labute approximate surface area is 138 Å². The molecule has 0 aliphatic rings. The van der Waals surface area contributed by atoms with Gasteiger partial charge in [-0.05, 0) is 48.4 Å². The summed E-state index contributed by atoms with van der Waals surface area (Å²) in [6.45, 7) is 16.7. The molecule has 0 bridgehead atoms.